The summed E-state index contributed by atoms with van der Waals surface area (Å²) in [6.45, 7) is 18.0. The molecule has 0 spiro atoms. The standard InChI is InChI=1S/C41H51N5O7/c1-9-27(6)38(41(52)46(8)37(26(4)5)40(51)44-53)45(7)35(49)24-33(47)32(22-28-16-11-10-12-17-28)42-39(50)36(25(2)3)43-34(48)23-30-20-15-19-29-18-13-14-21-31(29)30/h10-21,25-27,32-33,36-38,47H,7-9,22-24H2,1-6H3/p+2. The molecule has 12 heteroatoms. The molecule has 0 aliphatic carbocycles. The molecule has 0 bridgehead atoms. The van der Waals surface area contributed by atoms with Gasteiger partial charge in [0.15, 0.2) is 0 Å². The second-order valence-electron chi connectivity index (χ2n) is 14.3. The van der Waals surface area contributed by atoms with E-state index in [-0.39, 0.29) is 24.7 Å². The molecule has 0 heterocycles. The Hall–Kier alpha value is -5.23. The summed E-state index contributed by atoms with van der Waals surface area (Å²) in [5, 5.41) is 21.7. The number of carbonyl (C=O) groups excluding carboxylic acids is 5. The SMILES string of the molecule is C=[N+](C(=O)C(C(C)CC)[N+](=C)C(=O)CC(O)C(Cc1ccccc1)NC(=O)C(NC(=O)Cc1cccc2ccccc12)C(C)C)C(C(=O)N=O)C(C)C. The zero-order valence-corrected chi connectivity index (χ0v) is 31.5. The quantitative estimate of drug-likeness (QED) is 0.100. The Balaban J connectivity index is 1.83. The molecule has 0 fully saturated rings. The zero-order valence-electron chi connectivity index (χ0n) is 31.5. The van der Waals surface area contributed by atoms with Crippen molar-refractivity contribution in [1.82, 2.24) is 10.6 Å². The third-order valence-corrected chi connectivity index (χ3v) is 9.66. The van der Waals surface area contributed by atoms with Crippen LogP contribution in [0.3, 0.4) is 0 Å². The Labute approximate surface area is 311 Å². The zero-order chi connectivity index (χ0) is 39.4. The lowest BCUT2D eigenvalue weighted by molar-refractivity contribution is -0.533. The molecule has 0 saturated carbocycles. The summed E-state index contributed by atoms with van der Waals surface area (Å²) >= 11 is 0. The minimum absolute atomic E-state index is 0.0558. The fourth-order valence-electron chi connectivity index (χ4n) is 6.44. The van der Waals surface area contributed by atoms with Crippen molar-refractivity contribution in [2.75, 3.05) is 0 Å². The number of hydrogen-bond acceptors (Lipinski definition) is 7. The summed E-state index contributed by atoms with van der Waals surface area (Å²) in [4.78, 5) is 78.1. The Morgan fingerprint density at radius 3 is 2.02 bits per heavy atom. The maximum atomic E-state index is 13.8. The lowest BCUT2D eigenvalue weighted by Gasteiger charge is -2.28. The Kier molecular flexibility index (Phi) is 15.6. The molecule has 0 aliphatic heterocycles. The van der Waals surface area contributed by atoms with Crippen LogP contribution in [0.4, 0.5) is 0 Å². The van der Waals surface area contributed by atoms with E-state index >= 15 is 0 Å². The van der Waals surface area contributed by atoms with Gasteiger partial charge >= 0.3 is 17.7 Å². The number of amides is 5. The molecule has 3 aromatic rings. The highest BCUT2D eigenvalue weighted by molar-refractivity contribution is 5.93. The molecule has 6 atom stereocenters. The summed E-state index contributed by atoms with van der Waals surface area (Å²) < 4.78 is 1.85. The van der Waals surface area contributed by atoms with Gasteiger partial charge in [0.2, 0.25) is 17.9 Å². The number of aliphatic hydroxyl groups excluding tert-OH is 1. The smallest absolute Gasteiger partial charge is 0.390 e. The predicted molar refractivity (Wildman–Crippen MR) is 205 cm³/mol. The van der Waals surface area contributed by atoms with Crippen LogP contribution < -0.4 is 10.6 Å². The highest BCUT2D eigenvalue weighted by Gasteiger charge is 2.48. The number of nitrogens with one attached hydrogen (secondary N) is 2. The lowest BCUT2D eigenvalue weighted by Crippen LogP contribution is -2.56. The van der Waals surface area contributed by atoms with Crippen molar-refractivity contribution in [3.8, 4) is 0 Å². The van der Waals surface area contributed by atoms with E-state index in [2.05, 4.69) is 29.2 Å². The first-order valence-corrected chi connectivity index (χ1v) is 18.0. The van der Waals surface area contributed by atoms with Gasteiger partial charge in [-0.05, 0) is 40.7 Å². The van der Waals surface area contributed by atoms with Gasteiger partial charge in [-0.2, -0.15) is 9.15 Å². The minimum Gasteiger partial charge on any atom is -0.390 e. The van der Waals surface area contributed by atoms with E-state index < -0.39 is 72.2 Å². The monoisotopic (exact) mass is 727 g/mol. The van der Waals surface area contributed by atoms with Crippen molar-refractivity contribution in [3.63, 3.8) is 0 Å². The first-order chi connectivity index (χ1) is 25.1. The number of benzene rings is 3. The van der Waals surface area contributed by atoms with Crippen LogP contribution in [-0.2, 0) is 36.8 Å². The van der Waals surface area contributed by atoms with E-state index in [9.17, 15) is 34.0 Å². The van der Waals surface area contributed by atoms with E-state index in [1.165, 1.54) is 0 Å². The van der Waals surface area contributed by atoms with Crippen LogP contribution in [-0.4, -0.2) is 87.5 Å². The first-order valence-electron chi connectivity index (χ1n) is 18.0. The van der Waals surface area contributed by atoms with Crippen LogP contribution in [0.25, 0.3) is 10.8 Å². The number of nitrogens with zero attached hydrogens (tertiary/aromatic N) is 3. The molecular formula is C41H53N5O7+2. The van der Waals surface area contributed by atoms with E-state index in [1.807, 2.05) is 79.7 Å². The normalized spacial score (nSPS) is 14.7. The molecule has 282 valence electrons. The van der Waals surface area contributed by atoms with Crippen molar-refractivity contribution in [2.24, 2.45) is 22.9 Å². The van der Waals surface area contributed by atoms with Gasteiger partial charge in [0.1, 0.15) is 25.9 Å². The van der Waals surface area contributed by atoms with E-state index in [4.69, 9.17) is 0 Å². The van der Waals surface area contributed by atoms with Crippen molar-refractivity contribution >= 4 is 53.7 Å². The first kappa shape index (κ1) is 42.2. The van der Waals surface area contributed by atoms with Gasteiger partial charge in [0, 0.05) is 17.0 Å². The van der Waals surface area contributed by atoms with Crippen LogP contribution >= 0.6 is 0 Å². The van der Waals surface area contributed by atoms with Crippen LogP contribution in [0.15, 0.2) is 78.0 Å². The molecule has 5 amide bonds. The van der Waals surface area contributed by atoms with Gasteiger partial charge in [0.05, 0.1) is 18.6 Å². The van der Waals surface area contributed by atoms with Gasteiger partial charge in [-0.15, -0.1) is 4.91 Å². The molecule has 3 aromatic carbocycles. The van der Waals surface area contributed by atoms with Gasteiger partial charge in [-0.1, -0.05) is 114 Å². The highest BCUT2D eigenvalue weighted by atomic mass is 16.3. The van der Waals surface area contributed by atoms with Crippen LogP contribution in [0.1, 0.15) is 65.5 Å². The fourth-order valence-corrected chi connectivity index (χ4v) is 6.44. The molecule has 0 aromatic heterocycles. The second-order valence-corrected chi connectivity index (χ2v) is 14.3. The minimum atomic E-state index is -1.43. The predicted octanol–water partition coefficient (Wildman–Crippen LogP) is 4.21. The van der Waals surface area contributed by atoms with Crippen molar-refractivity contribution in [2.45, 2.75) is 97.5 Å². The van der Waals surface area contributed by atoms with Gasteiger partial charge in [0.25, 0.3) is 6.04 Å². The van der Waals surface area contributed by atoms with Gasteiger partial charge in [-0.25, -0.2) is 9.59 Å². The molecule has 0 saturated heterocycles. The molecule has 3 rings (SSSR count). The number of aliphatic hydroxyl groups is 1. The van der Waals surface area contributed by atoms with Gasteiger partial charge < -0.3 is 15.7 Å². The Bertz CT molecular complexity index is 1820. The molecule has 0 aliphatic rings. The largest absolute Gasteiger partial charge is 0.456 e. The fraction of sp³-hybridized carbons (Fsp3) is 0.439. The number of fused-ring (bicyclic) bond motifs is 1. The van der Waals surface area contributed by atoms with Crippen molar-refractivity contribution in [1.29, 1.82) is 0 Å². The second kappa shape index (κ2) is 19.6. The molecule has 0 radical (unpaired) electrons. The van der Waals surface area contributed by atoms with Crippen molar-refractivity contribution in [3.05, 3.63) is 88.8 Å². The summed E-state index contributed by atoms with van der Waals surface area (Å²) in [5.74, 6) is -4.59. The average Bonchev–Trinajstić information content (AvgIpc) is 3.13. The summed E-state index contributed by atoms with van der Waals surface area (Å²) in [7, 11) is 0. The number of carbonyl (C=O) groups is 5. The van der Waals surface area contributed by atoms with Crippen LogP contribution in [0.2, 0.25) is 0 Å². The summed E-state index contributed by atoms with van der Waals surface area (Å²) in [6.07, 6.45) is -1.28. The van der Waals surface area contributed by atoms with Crippen LogP contribution in [0, 0.1) is 22.7 Å². The molecule has 3 N–H and O–H groups in total. The van der Waals surface area contributed by atoms with E-state index in [0.717, 1.165) is 31.1 Å². The molecule has 6 unspecified atom stereocenters. The van der Waals surface area contributed by atoms with Crippen LogP contribution in [0.5, 0.6) is 0 Å². The maximum absolute atomic E-state index is 13.8. The maximum Gasteiger partial charge on any atom is 0.456 e. The van der Waals surface area contributed by atoms with E-state index in [1.54, 1.807) is 34.6 Å². The Morgan fingerprint density at radius 2 is 1.42 bits per heavy atom. The van der Waals surface area contributed by atoms with Gasteiger partial charge in [-0.3, -0.25) is 14.4 Å². The topological polar surface area (TPSA) is 165 Å². The number of rotatable bonds is 18. The highest BCUT2D eigenvalue weighted by Crippen LogP contribution is 2.21. The molecule has 12 nitrogen and oxygen atoms in total. The molecular weight excluding hydrogens is 674 g/mol. The lowest BCUT2D eigenvalue weighted by atomic mass is 9.94. The number of hydrogen-bond donors (Lipinski definition) is 3. The molecule has 53 heavy (non-hydrogen) atoms. The van der Waals surface area contributed by atoms with Crippen molar-refractivity contribution < 1.29 is 38.2 Å². The average molecular weight is 728 g/mol. The van der Waals surface area contributed by atoms with E-state index in [0.29, 0.717) is 6.42 Å². The number of nitroso groups, excluding NO2 is 1. The summed E-state index contributed by atoms with van der Waals surface area (Å²) in [5.41, 5.74) is 1.60. The summed E-state index contributed by atoms with van der Waals surface area (Å²) in [6, 6.07) is 18.2. The third kappa shape index (κ3) is 11.1. The Morgan fingerprint density at radius 1 is 0.792 bits per heavy atom. The third-order valence-electron chi connectivity index (χ3n) is 9.66.